The van der Waals surface area contributed by atoms with Crippen LogP contribution in [-0.4, -0.2) is 57.3 Å². The van der Waals surface area contributed by atoms with Crippen LogP contribution in [0.25, 0.3) is 0 Å². The van der Waals surface area contributed by atoms with E-state index in [0.717, 1.165) is 3.93 Å². The molecule has 1 fully saturated rings. The van der Waals surface area contributed by atoms with Gasteiger partial charge >= 0.3 is 11.9 Å². The smallest absolute Gasteiger partial charge is 0.327 e. The molecule has 0 saturated carbocycles. The Kier molecular flexibility index (Phi) is 15.8. The minimum atomic E-state index is -0.799. The average Bonchev–Trinajstić information content (AvgIpc) is 2.86. The number of amides is 2. The van der Waals surface area contributed by atoms with Gasteiger partial charge in [0, 0.05) is 12.8 Å². The van der Waals surface area contributed by atoms with Crippen molar-refractivity contribution in [2.75, 3.05) is 13.2 Å². The van der Waals surface area contributed by atoms with Crippen LogP contribution in [0.15, 0.2) is 0 Å². The number of nitrogens with zero attached hydrogens (tertiary/aromatic N) is 1. The van der Waals surface area contributed by atoms with Gasteiger partial charge in [-0.1, -0.05) is 15.9 Å². The topological polar surface area (TPSA) is 124 Å². The largest absolute Gasteiger partial charge is 0.466 e. The first kappa shape index (κ1) is 27.6. The van der Waals surface area contributed by atoms with Gasteiger partial charge in [-0.05, 0) is 27.7 Å². The molecule has 1 heterocycles. The normalized spacial score (nSPS) is 13.5. The molecular formula is C16H23Br2NO8. The molecule has 0 aromatic heterocycles. The summed E-state index contributed by atoms with van der Waals surface area (Å²) in [6, 6.07) is 0. The van der Waals surface area contributed by atoms with E-state index in [0.29, 0.717) is 26.1 Å². The predicted molar refractivity (Wildman–Crippen MR) is 102 cm³/mol. The maximum atomic E-state index is 10.7. The van der Waals surface area contributed by atoms with Crippen molar-refractivity contribution in [3.05, 3.63) is 0 Å². The highest BCUT2D eigenvalue weighted by atomic mass is 79.9. The lowest BCUT2D eigenvalue weighted by atomic mass is 10.3. The van der Waals surface area contributed by atoms with Crippen LogP contribution in [0.1, 0.15) is 47.0 Å². The third-order valence-corrected chi connectivity index (χ3v) is 4.35. The third kappa shape index (κ3) is 14.1. The molecule has 0 spiro atoms. The Hall–Kier alpha value is -1.62. The number of hydrogen-bond donors (Lipinski definition) is 0. The fourth-order valence-corrected chi connectivity index (χ4v) is 1.83. The van der Waals surface area contributed by atoms with E-state index in [1.807, 2.05) is 0 Å². The van der Waals surface area contributed by atoms with Gasteiger partial charge in [0.1, 0.15) is 12.2 Å². The summed E-state index contributed by atoms with van der Waals surface area (Å²) in [6.07, 6.45) is 0.599. The average molecular weight is 517 g/mol. The zero-order chi connectivity index (χ0) is 21.6. The summed E-state index contributed by atoms with van der Waals surface area (Å²) in [6.45, 7) is 6.73. The number of ether oxygens (including phenoxy) is 2. The number of hydrogen-bond acceptors (Lipinski definition) is 8. The van der Waals surface area contributed by atoms with Crippen LogP contribution in [0.2, 0.25) is 0 Å². The first-order chi connectivity index (χ1) is 12.5. The second kappa shape index (κ2) is 15.4. The highest BCUT2D eigenvalue weighted by Crippen LogP contribution is 2.14. The quantitative estimate of drug-likeness (QED) is 0.172. The van der Waals surface area contributed by atoms with Gasteiger partial charge in [0.2, 0.25) is 11.8 Å². The summed E-state index contributed by atoms with van der Waals surface area (Å²) in [5.41, 5.74) is 0. The van der Waals surface area contributed by atoms with Crippen molar-refractivity contribution in [2.45, 2.75) is 51.8 Å². The van der Waals surface area contributed by atoms with E-state index >= 15 is 0 Å². The van der Waals surface area contributed by atoms with Gasteiger partial charge in [0.15, 0.2) is 10.6 Å². The van der Waals surface area contributed by atoms with Crippen LogP contribution in [0.3, 0.4) is 0 Å². The molecule has 154 valence electrons. The molecule has 1 aliphatic heterocycles. The van der Waals surface area contributed by atoms with E-state index in [4.69, 9.17) is 0 Å². The number of imide groups is 1. The fourth-order valence-electron chi connectivity index (χ4n) is 1.35. The van der Waals surface area contributed by atoms with Crippen LogP contribution >= 0.6 is 32.1 Å². The Balaban J connectivity index is 0. The molecule has 2 amide bonds. The molecule has 0 N–H and O–H groups in total. The first-order valence-electron chi connectivity index (χ1n) is 7.95. The van der Waals surface area contributed by atoms with Crippen molar-refractivity contribution in [3.63, 3.8) is 0 Å². The Morgan fingerprint density at radius 1 is 1.00 bits per heavy atom. The number of esters is 2. The van der Waals surface area contributed by atoms with Crippen molar-refractivity contribution in [1.82, 2.24) is 3.93 Å². The van der Waals surface area contributed by atoms with Crippen molar-refractivity contribution in [2.24, 2.45) is 0 Å². The minimum Gasteiger partial charge on any atom is -0.466 e. The fraction of sp³-hybridized carbons (Fsp3) is 0.625. The number of alkyl halides is 1. The summed E-state index contributed by atoms with van der Waals surface area (Å²) < 4.78 is 10.0. The molecule has 0 aromatic carbocycles. The lowest BCUT2D eigenvalue weighted by Gasteiger charge is -2.03. The Labute approximate surface area is 174 Å². The van der Waals surface area contributed by atoms with E-state index in [-0.39, 0.29) is 29.8 Å². The van der Waals surface area contributed by atoms with Gasteiger partial charge in [-0.3, -0.25) is 28.8 Å². The Morgan fingerprint density at radius 3 is 1.70 bits per heavy atom. The van der Waals surface area contributed by atoms with Crippen molar-refractivity contribution >= 4 is 67.4 Å². The van der Waals surface area contributed by atoms with Crippen molar-refractivity contribution in [1.29, 1.82) is 0 Å². The lowest BCUT2D eigenvalue weighted by molar-refractivity contribution is -0.146. The maximum Gasteiger partial charge on any atom is 0.327 e. The van der Waals surface area contributed by atoms with Crippen LogP contribution in [0.4, 0.5) is 0 Å². The molecule has 9 nitrogen and oxygen atoms in total. The first-order valence-corrected chi connectivity index (χ1v) is 9.58. The van der Waals surface area contributed by atoms with Crippen LogP contribution in [-0.2, 0) is 38.2 Å². The standard InChI is InChI=1S/C6H9BrO3.C6H10O3.C4H4BrNO2/c1-3-10-6(9)5(7)4(2)8;1-3-9-6(8)4-5(2)7;5-6-3(7)1-2-4(6)8/h5H,3H2,1-2H3;3-4H2,1-2H3;1-2H2. The van der Waals surface area contributed by atoms with Crippen molar-refractivity contribution in [3.8, 4) is 0 Å². The molecule has 0 radical (unpaired) electrons. The number of ketones is 2. The van der Waals surface area contributed by atoms with Gasteiger partial charge in [-0.2, -0.15) is 0 Å². The predicted octanol–water partition coefficient (Wildman–Crippen LogP) is 1.88. The van der Waals surface area contributed by atoms with Crippen LogP contribution in [0, 0.1) is 0 Å². The highest BCUT2D eigenvalue weighted by molar-refractivity contribution is 9.10. The zero-order valence-electron chi connectivity index (χ0n) is 15.6. The number of rotatable bonds is 6. The molecule has 1 rings (SSSR count). The van der Waals surface area contributed by atoms with E-state index < -0.39 is 16.8 Å². The van der Waals surface area contributed by atoms with Gasteiger partial charge in [0.05, 0.1) is 29.4 Å². The third-order valence-electron chi connectivity index (χ3n) is 2.54. The van der Waals surface area contributed by atoms with E-state index in [1.54, 1.807) is 13.8 Å². The maximum absolute atomic E-state index is 10.7. The summed E-state index contributed by atoms with van der Waals surface area (Å²) in [5, 5.41) is 0. The van der Waals surface area contributed by atoms with E-state index in [1.165, 1.54) is 13.8 Å². The monoisotopic (exact) mass is 515 g/mol. The van der Waals surface area contributed by atoms with E-state index in [2.05, 4.69) is 41.6 Å². The zero-order valence-corrected chi connectivity index (χ0v) is 18.8. The number of halogens is 2. The summed E-state index contributed by atoms with van der Waals surface area (Å²) in [5.74, 6) is -1.64. The molecule has 1 saturated heterocycles. The minimum absolute atomic E-state index is 0.103. The van der Waals surface area contributed by atoms with Gasteiger partial charge in [-0.15, -0.1) is 0 Å². The second-order valence-corrected chi connectivity index (χ2v) is 6.60. The van der Waals surface area contributed by atoms with E-state index in [9.17, 15) is 28.8 Å². The molecule has 0 bridgehead atoms. The van der Waals surface area contributed by atoms with Crippen LogP contribution < -0.4 is 0 Å². The highest BCUT2D eigenvalue weighted by Gasteiger charge is 2.26. The summed E-state index contributed by atoms with van der Waals surface area (Å²) >= 11 is 5.69. The molecular weight excluding hydrogens is 494 g/mol. The molecule has 11 heteroatoms. The summed E-state index contributed by atoms with van der Waals surface area (Å²) in [4.78, 5) is 61.9. The molecule has 1 atom stereocenters. The van der Waals surface area contributed by atoms with Crippen molar-refractivity contribution < 1.29 is 38.2 Å². The molecule has 27 heavy (non-hydrogen) atoms. The lowest BCUT2D eigenvalue weighted by Crippen LogP contribution is -2.23. The molecule has 0 aliphatic carbocycles. The van der Waals surface area contributed by atoms with Crippen LogP contribution in [0.5, 0.6) is 0 Å². The van der Waals surface area contributed by atoms with Gasteiger partial charge in [-0.25, -0.2) is 3.93 Å². The molecule has 1 unspecified atom stereocenters. The SMILES string of the molecule is CCOC(=O)C(Br)C(C)=O.CCOC(=O)CC(C)=O.O=C1CCC(=O)N1Br. The number of Topliss-reactive ketones (excluding diaryl/α,β-unsaturated/α-hetero) is 2. The van der Waals surface area contributed by atoms with Gasteiger partial charge in [0.25, 0.3) is 0 Å². The van der Waals surface area contributed by atoms with Gasteiger partial charge < -0.3 is 9.47 Å². The molecule has 1 aliphatic rings. The molecule has 0 aromatic rings. The second-order valence-electron chi connectivity index (χ2n) is 4.98. The number of carbonyl (C=O) groups excluding carboxylic acids is 6. The number of carbonyl (C=O) groups is 6. The summed E-state index contributed by atoms with van der Waals surface area (Å²) in [7, 11) is 0. The Bertz CT molecular complexity index is 549. The Morgan fingerprint density at radius 2 is 1.44 bits per heavy atom.